The molecule has 3 amide bonds. The van der Waals surface area contributed by atoms with Crippen LogP contribution < -0.4 is 15.4 Å². The van der Waals surface area contributed by atoms with Crippen LogP contribution in [0.5, 0.6) is 5.75 Å². The van der Waals surface area contributed by atoms with Gasteiger partial charge in [-0.15, -0.1) is 11.6 Å². The molecule has 0 radical (unpaired) electrons. The van der Waals surface area contributed by atoms with E-state index in [1.807, 2.05) is 24.3 Å². The Morgan fingerprint density at radius 2 is 2.16 bits per heavy atom. The molecule has 1 aromatic rings. The summed E-state index contributed by atoms with van der Waals surface area (Å²) in [5, 5.41) is 4.20. The number of carbonyl (C=O) groups is 2. The molecular weight excluding hydrogens is 268 g/mol. The van der Waals surface area contributed by atoms with Gasteiger partial charge in [-0.2, -0.15) is 0 Å². The van der Waals surface area contributed by atoms with Crippen molar-refractivity contribution < 1.29 is 14.3 Å². The van der Waals surface area contributed by atoms with Gasteiger partial charge in [0.15, 0.2) is 0 Å². The standard InChI is InChI=1S/C13H15ClN2O3/c1-8(14)12(17)16-13(18)15-10-6-7-19-11-5-3-2-4-9(10)11/h2-5,8,10H,6-7H2,1H3,(H2,15,16,17,18). The van der Waals surface area contributed by atoms with Crippen LogP contribution in [-0.2, 0) is 4.79 Å². The molecule has 2 rings (SSSR count). The number of hydrogen-bond donors (Lipinski definition) is 2. The van der Waals surface area contributed by atoms with Gasteiger partial charge in [-0.25, -0.2) is 4.79 Å². The van der Waals surface area contributed by atoms with Crippen molar-refractivity contribution in [2.24, 2.45) is 0 Å². The molecule has 2 unspecified atom stereocenters. The molecule has 1 aliphatic rings. The molecule has 0 aromatic heterocycles. The second-order valence-electron chi connectivity index (χ2n) is 4.31. The van der Waals surface area contributed by atoms with Crippen molar-refractivity contribution >= 4 is 23.5 Å². The number of rotatable bonds is 2. The number of benzene rings is 1. The number of nitrogens with one attached hydrogen (secondary N) is 2. The maximum absolute atomic E-state index is 11.7. The van der Waals surface area contributed by atoms with E-state index in [1.54, 1.807) is 0 Å². The van der Waals surface area contributed by atoms with E-state index in [0.29, 0.717) is 13.0 Å². The van der Waals surface area contributed by atoms with E-state index in [-0.39, 0.29) is 6.04 Å². The number of fused-ring (bicyclic) bond motifs is 1. The summed E-state index contributed by atoms with van der Waals surface area (Å²) in [4.78, 5) is 23.0. The molecule has 6 heteroatoms. The van der Waals surface area contributed by atoms with Crippen LogP contribution in [0.3, 0.4) is 0 Å². The van der Waals surface area contributed by atoms with Gasteiger partial charge in [-0.3, -0.25) is 10.1 Å². The summed E-state index contributed by atoms with van der Waals surface area (Å²) in [5.74, 6) is 0.246. The van der Waals surface area contributed by atoms with Gasteiger partial charge in [0.25, 0.3) is 0 Å². The van der Waals surface area contributed by atoms with Crippen molar-refractivity contribution in [3.63, 3.8) is 0 Å². The molecular formula is C13H15ClN2O3. The smallest absolute Gasteiger partial charge is 0.321 e. The lowest BCUT2D eigenvalue weighted by atomic mass is 10.0. The molecule has 5 nitrogen and oxygen atoms in total. The van der Waals surface area contributed by atoms with Crippen molar-refractivity contribution in [2.45, 2.75) is 24.8 Å². The van der Waals surface area contributed by atoms with Crippen LogP contribution in [0.15, 0.2) is 24.3 Å². The fraction of sp³-hybridized carbons (Fsp3) is 0.385. The summed E-state index contributed by atoms with van der Waals surface area (Å²) in [6.45, 7) is 2.04. The van der Waals surface area contributed by atoms with Gasteiger partial charge in [0.1, 0.15) is 11.1 Å². The molecule has 1 heterocycles. The number of imide groups is 1. The molecule has 0 saturated heterocycles. The molecule has 1 aliphatic heterocycles. The Morgan fingerprint density at radius 1 is 1.42 bits per heavy atom. The number of hydrogen-bond acceptors (Lipinski definition) is 3. The van der Waals surface area contributed by atoms with Crippen molar-refractivity contribution in [1.29, 1.82) is 0 Å². The van der Waals surface area contributed by atoms with Gasteiger partial charge in [-0.1, -0.05) is 18.2 Å². The molecule has 2 atom stereocenters. The van der Waals surface area contributed by atoms with E-state index < -0.39 is 17.3 Å². The third kappa shape index (κ3) is 3.38. The number of amides is 3. The first-order valence-corrected chi connectivity index (χ1v) is 6.48. The summed E-state index contributed by atoms with van der Waals surface area (Å²) in [6, 6.07) is 6.80. The summed E-state index contributed by atoms with van der Waals surface area (Å²) < 4.78 is 5.49. The molecule has 102 valence electrons. The van der Waals surface area contributed by atoms with Crippen LogP contribution in [0.1, 0.15) is 24.9 Å². The summed E-state index contributed by atoms with van der Waals surface area (Å²) in [5.41, 5.74) is 0.912. The monoisotopic (exact) mass is 282 g/mol. The van der Waals surface area contributed by atoms with E-state index in [2.05, 4.69) is 10.6 Å². The van der Waals surface area contributed by atoms with Crippen molar-refractivity contribution in [3.05, 3.63) is 29.8 Å². The SMILES string of the molecule is CC(Cl)C(=O)NC(=O)NC1CCOc2ccccc21. The second kappa shape index (κ2) is 5.93. The van der Waals surface area contributed by atoms with Crippen LogP contribution in [0.4, 0.5) is 4.79 Å². The lowest BCUT2D eigenvalue weighted by Gasteiger charge is -2.26. The minimum atomic E-state index is -0.743. The van der Waals surface area contributed by atoms with E-state index >= 15 is 0 Å². The topological polar surface area (TPSA) is 67.4 Å². The zero-order valence-corrected chi connectivity index (χ0v) is 11.2. The second-order valence-corrected chi connectivity index (χ2v) is 4.96. The number of urea groups is 1. The summed E-state index contributed by atoms with van der Waals surface area (Å²) in [6.07, 6.45) is 0.662. The summed E-state index contributed by atoms with van der Waals surface area (Å²) in [7, 11) is 0. The van der Waals surface area contributed by atoms with E-state index in [9.17, 15) is 9.59 Å². The first-order valence-electron chi connectivity index (χ1n) is 6.05. The molecule has 0 fully saturated rings. The Balaban J connectivity index is 2.01. The van der Waals surface area contributed by atoms with Crippen molar-refractivity contribution in [3.8, 4) is 5.75 Å². The maximum atomic E-state index is 11.7. The Hall–Kier alpha value is -1.75. The van der Waals surface area contributed by atoms with Gasteiger partial charge in [0, 0.05) is 12.0 Å². The molecule has 0 bridgehead atoms. The quantitative estimate of drug-likeness (QED) is 0.815. The van der Waals surface area contributed by atoms with E-state index in [0.717, 1.165) is 11.3 Å². The lowest BCUT2D eigenvalue weighted by Crippen LogP contribution is -2.44. The Bertz CT molecular complexity index is 491. The molecule has 2 N–H and O–H groups in total. The predicted octanol–water partition coefficient (Wildman–Crippen LogP) is 1.96. The third-order valence-corrected chi connectivity index (χ3v) is 3.06. The fourth-order valence-electron chi connectivity index (χ4n) is 1.90. The van der Waals surface area contributed by atoms with Gasteiger partial charge >= 0.3 is 6.03 Å². The first-order chi connectivity index (χ1) is 9.08. The predicted molar refractivity (Wildman–Crippen MR) is 71.3 cm³/mol. The average molecular weight is 283 g/mol. The number of para-hydroxylation sites is 1. The minimum absolute atomic E-state index is 0.164. The normalized spacial score (nSPS) is 18.7. The highest BCUT2D eigenvalue weighted by atomic mass is 35.5. The van der Waals surface area contributed by atoms with Crippen molar-refractivity contribution in [2.75, 3.05) is 6.61 Å². The van der Waals surface area contributed by atoms with Crippen LogP contribution in [0, 0.1) is 0 Å². The highest BCUT2D eigenvalue weighted by Gasteiger charge is 2.23. The van der Waals surface area contributed by atoms with Crippen LogP contribution >= 0.6 is 11.6 Å². The molecule has 0 saturated carbocycles. The Labute approximate surface area is 116 Å². The molecule has 1 aromatic carbocycles. The highest BCUT2D eigenvalue weighted by Crippen LogP contribution is 2.31. The highest BCUT2D eigenvalue weighted by molar-refractivity contribution is 6.31. The number of carbonyl (C=O) groups excluding carboxylic acids is 2. The number of alkyl halides is 1. The number of halogens is 1. The van der Waals surface area contributed by atoms with Crippen molar-refractivity contribution in [1.82, 2.24) is 10.6 Å². The molecule has 19 heavy (non-hydrogen) atoms. The van der Waals surface area contributed by atoms with E-state index in [4.69, 9.17) is 16.3 Å². The van der Waals surface area contributed by atoms with Gasteiger partial charge < -0.3 is 10.1 Å². The molecule has 0 spiro atoms. The average Bonchev–Trinajstić information content (AvgIpc) is 2.39. The summed E-state index contributed by atoms with van der Waals surface area (Å²) >= 11 is 5.58. The third-order valence-electron chi connectivity index (χ3n) is 2.86. The lowest BCUT2D eigenvalue weighted by molar-refractivity contribution is -0.119. The van der Waals surface area contributed by atoms with Gasteiger partial charge in [0.05, 0.1) is 12.6 Å². The Kier molecular flexibility index (Phi) is 4.27. The van der Waals surface area contributed by atoms with Gasteiger partial charge in [0.2, 0.25) is 5.91 Å². The Morgan fingerprint density at radius 3 is 2.89 bits per heavy atom. The van der Waals surface area contributed by atoms with E-state index in [1.165, 1.54) is 6.92 Å². The zero-order chi connectivity index (χ0) is 13.8. The minimum Gasteiger partial charge on any atom is -0.493 e. The van der Waals surface area contributed by atoms with Crippen LogP contribution in [-0.4, -0.2) is 23.9 Å². The van der Waals surface area contributed by atoms with Crippen LogP contribution in [0.2, 0.25) is 0 Å². The largest absolute Gasteiger partial charge is 0.493 e. The fourth-order valence-corrected chi connectivity index (χ4v) is 1.95. The maximum Gasteiger partial charge on any atom is 0.321 e. The van der Waals surface area contributed by atoms with Crippen LogP contribution in [0.25, 0.3) is 0 Å². The number of ether oxygens (including phenoxy) is 1. The van der Waals surface area contributed by atoms with Gasteiger partial charge in [-0.05, 0) is 13.0 Å². The first kappa shape index (κ1) is 13.7. The molecule has 0 aliphatic carbocycles. The zero-order valence-electron chi connectivity index (χ0n) is 10.5.